The van der Waals surface area contributed by atoms with Crippen molar-refractivity contribution in [1.29, 1.82) is 0 Å². The molecule has 5 rings (SSSR count). The molecule has 0 aliphatic carbocycles. The maximum Gasteiger partial charge on any atom is 0.111 e. The summed E-state index contributed by atoms with van der Waals surface area (Å²) >= 11 is 0. The van der Waals surface area contributed by atoms with Crippen LogP contribution < -0.4 is 0 Å². The highest BCUT2D eigenvalue weighted by Gasteiger charge is 2.53. The third-order valence-electron chi connectivity index (χ3n) is 5.75. The molecule has 1 N–H and O–H groups in total. The molecule has 4 unspecified atom stereocenters. The Bertz CT molecular complexity index is 870. The van der Waals surface area contributed by atoms with Crippen LogP contribution in [-0.2, 0) is 17.8 Å². The number of aliphatic hydroxyl groups is 1. The van der Waals surface area contributed by atoms with Gasteiger partial charge in [-0.2, -0.15) is 0 Å². The van der Waals surface area contributed by atoms with E-state index in [1.807, 2.05) is 18.2 Å². The average Bonchev–Trinajstić information content (AvgIpc) is 3.25. The van der Waals surface area contributed by atoms with Gasteiger partial charge in [-0.1, -0.05) is 84.9 Å². The van der Waals surface area contributed by atoms with E-state index in [9.17, 15) is 5.11 Å². The smallest absolute Gasteiger partial charge is 0.111 e. The van der Waals surface area contributed by atoms with Gasteiger partial charge in [-0.3, -0.25) is 4.90 Å². The van der Waals surface area contributed by atoms with Gasteiger partial charge in [0.05, 0.1) is 6.04 Å². The summed E-state index contributed by atoms with van der Waals surface area (Å²) in [5.74, 6) is 0. The lowest BCUT2D eigenvalue weighted by Crippen LogP contribution is -2.45. The molecule has 1 fully saturated rings. The molecule has 2 bridgehead atoms. The Kier molecular flexibility index (Phi) is 4.29. The van der Waals surface area contributed by atoms with E-state index >= 15 is 0 Å². The van der Waals surface area contributed by atoms with Crippen LogP contribution in [0, 0.1) is 0 Å². The molecule has 3 aromatic rings. The van der Waals surface area contributed by atoms with Crippen LogP contribution in [0.15, 0.2) is 84.9 Å². The Morgan fingerprint density at radius 1 is 0.667 bits per heavy atom. The SMILES string of the molecule is OC1C2OC(c3ccccc32)C1N(Cc1ccccc1)Cc1ccccc1. The molecule has 0 amide bonds. The number of nitrogens with zero attached hydrogens (tertiary/aromatic N) is 1. The first-order valence-corrected chi connectivity index (χ1v) is 9.55. The van der Waals surface area contributed by atoms with Crippen molar-refractivity contribution in [1.82, 2.24) is 4.90 Å². The fraction of sp³-hybridized carbons (Fsp3) is 0.250. The largest absolute Gasteiger partial charge is 0.388 e. The predicted molar refractivity (Wildman–Crippen MR) is 105 cm³/mol. The molecular weight excluding hydrogens is 334 g/mol. The number of hydrogen-bond donors (Lipinski definition) is 1. The summed E-state index contributed by atoms with van der Waals surface area (Å²) in [7, 11) is 0. The van der Waals surface area contributed by atoms with Gasteiger partial charge in [-0.15, -0.1) is 0 Å². The summed E-state index contributed by atoms with van der Waals surface area (Å²) in [6.07, 6.45) is -0.809. The minimum absolute atomic E-state index is 0.0506. The van der Waals surface area contributed by atoms with E-state index < -0.39 is 6.10 Å². The Balaban J connectivity index is 1.49. The van der Waals surface area contributed by atoms with E-state index in [2.05, 4.69) is 71.6 Å². The van der Waals surface area contributed by atoms with E-state index in [1.54, 1.807) is 0 Å². The van der Waals surface area contributed by atoms with Crippen LogP contribution >= 0.6 is 0 Å². The molecule has 3 aromatic carbocycles. The fourth-order valence-corrected chi connectivity index (χ4v) is 4.53. The van der Waals surface area contributed by atoms with Crippen molar-refractivity contribution >= 4 is 0 Å². The Morgan fingerprint density at radius 2 is 1.15 bits per heavy atom. The standard InChI is InChI=1S/C24H23NO2/c26-22-21(23-19-13-7-8-14-20(19)24(22)27-23)25(15-17-9-3-1-4-10-17)16-18-11-5-2-6-12-18/h1-14,21-24,26H,15-16H2. The number of hydrogen-bond acceptors (Lipinski definition) is 3. The number of fused-ring (bicyclic) bond motifs is 5. The number of ether oxygens (including phenoxy) is 1. The first-order valence-electron chi connectivity index (χ1n) is 9.55. The highest BCUT2D eigenvalue weighted by Crippen LogP contribution is 2.52. The predicted octanol–water partition coefficient (Wildman–Crippen LogP) is 4.24. The lowest BCUT2D eigenvalue weighted by molar-refractivity contribution is 0.0293. The summed E-state index contributed by atoms with van der Waals surface area (Å²) in [4.78, 5) is 2.37. The lowest BCUT2D eigenvalue weighted by atomic mass is 9.85. The number of aliphatic hydroxyl groups excluding tert-OH is 1. The third kappa shape index (κ3) is 2.98. The van der Waals surface area contributed by atoms with Gasteiger partial charge in [0.15, 0.2) is 0 Å². The molecule has 0 radical (unpaired) electrons. The zero-order valence-electron chi connectivity index (χ0n) is 15.1. The molecular formula is C24H23NO2. The van der Waals surface area contributed by atoms with Crippen molar-refractivity contribution in [2.45, 2.75) is 37.4 Å². The minimum atomic E-state index is -0.516. The second kappa shape index (κ2) is 6.93. The maximum absolute atomic E-state index is 11.1. The van der Waals surface area contributed by atoms with E-state index in [4.69, 9.17) is 4.74 Å². The van der Waals surface area contributed by atoms with E-state index in [0.29, 0.717) is 0 Å². The molecule has 4 atom stereocenters. The molecule has 3 nitrogen and oxygen atoms in total. The van der Waals surface area contributed by atoms with E-state index in [0.717, 1.165) is 18.7 Å². The van der Waals surface area contributed by atoms with Crippen LogP contribution in [0.4, 0.5) is 0 Å². The van der Waals surface area contributed by atoms with E-state index in [1.165, 1.54) is 16.7 Å². The number of benzene rings is 3. The van der Waals surface area contributed by atoms with Gasteiger partial charge in [0.25, 0.3) is 0 Å². The first-order chi connectivity index (χ1) is 13.3. The Labute approximate surface area is 159 Å². The van der Waals surface area contributed by atoms with Crippen LogP contribution in [0.5, 0.6) is 0 Å². The average molecular weight is 357 g/mol. The van der Waals surface area contributed by atoms with Crippen molar-refractivity contribution in [2.24, 2.45) is 0 Å². The van der Waals surface area contributed by atoms with Gasteiger partial charge in [0.1, 0.15) is 18.3 Å². The van der Waals surface area contributed by atoms with Crippen molar-refractivity contribution in [3.05, 3.63) is 107 Å². The summed E-state index contributed by atoms with van der Waals surface area (Å²) in [5.41, 5.74) is 4.86. The first kappa shape index (κ1) is 16.7. The quantitative estimate of drug-likeness (QED) is 0.741. The Hall–Kier alpha value is -2.46. The highest BCUT2D eigenvalue weighted by atomic mass is 16.5. The van der Waals surface area contributed by atoms with Gasteiger partial charge >= 0.3 is 0 Å². The van der Waals surface area contributed by atoms with E-state index in [-0.39, 0.29) is 18.2 Å². The normalized spacial score (nSPS) is 25.7. The fourth-order valence-electron chi connectivity index (χ4n) is 4.53. The summed E-state index contributed by atoms with van der Waals surface area (Å²) in [6.45, 7) is 1.57. The second-order valence-corrected chi connectivity index (χ2v) is 7.46. The van der Waals surface area contributed by atoms with Crippen molar-refractivity contribution in [3.8, 4) is 0 Å². The maximum atomic E-state index is 11.1. The molecule has 136 valence electrons. The summed E-state index contributed by atoms with van der Waals surface area (Å²) in [5, 5.41) is 11.1. The topological polar surface area (TPSA) is 32.7 Å². The van der Waals surface area contributed by atoms with Crippen LogP contribution in [0.3, 0.4) is 0 Å². The summed E-state index contributed by atoms with van der Waals surface area (Å²) < 4.78 is 6.23. The molecule has 3 heteroatoms. The van der Waals surface area contributed by atoms with Crippen LogP contribution in [0.1, 0.15) is 34.5 Å². The lowest BCUT2D eigenvalue weighted by Gasteiger charge is -2.36. The molecule has 0 spiro atoms. The molecule has 2 heterocycles. The zero-order valence-corrected chi connectivity index (χ0v) is 15.1. The highest BCUT2D eigenvalue weighted by molar-refractivity contribution is 5.40. The van der Waals surface area contributed by atoms with Crippen LogP contribution in [0.2, 0.25) is 0 Å². The summed E-state index contributed by atoms with van der Waals surface area (Å²) in [6, 6.07) is 29.2. The van der Waals surface area contributed by atoms with Gasteiger partial charge in [0, 0.05) is 13.1 Å². The van der Waals surface area contributed by atoms with Gasteiger partial charge in [-0.05, 0) is 22.3 Å². The van der Waals surface area contributed by atoms with Crippen LogP contribution in [-0.4, -0.2) is 22.2 Å². The van der Waals surface area contributed by atoms with Gasteiger partial charge in [0.2, 0.25) is 0 Å². The molecule has 2 aliphatic rings. The number of rotatable bonds is 5. The van der Waals surface area contributed by atoms with Crippen molar-refractivity contribution in [2.75, 3.05) is 0 Å². The monoisotopic (exact) mass is 357 g/mol. The zero-order chi connectivity index (χ0) is 18.2. The minimum Gasteiger partial charge on any atom is -0.388 e. The van der Waals surface area contributed by atoms with Gasteiger partial charge < -0.3 is 9.84 Å². The van der Waals surface area contributed by atoms with Crippen molar-refractivity contribution in [3.63, 3.8) is 0 Å². The molecule has 0 saturated carbocycles. The van der Waals surface area contributed by atoms with Crippen molar-refractivity contribution < 1.29 is 9.84 Å². The third-order valence-corrected chi connectivity index (χ3v) is 5.75. The molecule has 1 saturated heterocycles. The van der Waals surface area contributed by atoms with Crippen LogP contribution in [0.25, 0.3) is 0 Å². The molecule has 2 aliphatic heterocycles. The molecule has 0 aromatic heterocycles. The Morgan fingerprint density at radius 3 is 1.70 bits per heavy atom. The van der Waals surface area contributed by atoms with Gasteiger partial charge in [-0.25, -0.2) is 0 Å². The molecule has 27 heavy (non-hydrogen) atoms. The second-order valence-electron chi connectivity index (χ2n) is 7.46.